The third-order valence-corrected chi connectivity index (χ3v) is 22.1. The van der Waals surface area contributed by atoms with E-state index in [2.05, 4.69) is 145 Å². The van der Waals surface area contributed by atoms with E-state index < -0.39 is 5.41 Å². The average Bonchev–Trinajstić information content (AvgIpc) is 3.71. The zero-order valence-electron chi connectivity index (χ0n) is 47.4. The third kappa shape index (κ3) is 8.19. The number of hydrogen-bond acceptors (Lipinski definition) is 6. The van der Waals surface area contributed by atoms with Crippen molar-refractivity contribution in [3.05, 3.63) is 83.2 Å². The van der Waals surface area contributed by atoms with Crippen molar-refractivity contribution in [3.63, 3.8) is 0 Å². The molecular weight excluding hydrogens is 917 g/mol. The van der Waals surface area contributed by atoms with Gasteiger partial charge >= 0.3 is 5.97 Å². The van der Waals surface area contributed by atoms with E-state index >= 15 is 4.79 Å². The molecule has 2 aromatic rings. The minimum absolute atomic E-state index is 0.00663. The lowest BCUT2D eigenvalue weighted by Crippen LogP contribution is -2.66. The van der Waals surface area contributed by atoms with Crippen molar-refractivity contribution >= 4 is 34.4 Å². The highest BCUT2D eigenvalue weighted by atomic mass is 16.5. The van der Waals surface area contributed by atoms with Crippen LogP contribution in [0.4, 0.5) is 5.69 Å². The van der Waals surface area contributed by atoms with Gasteiger partial charge in [0, 0.05) is 91.5 Å². The van der Waals surface area contributed by atoms with E-state index in [4.69, 9.17) is 9.15 Å². The molecule has 398 valence electrons. The Kier molecular flexibility index (Phi) is 13.9. The number of amides is 2. The Bertz CT molecular complexity index is 2890. The number of hydrogen-bond donors (Lipinski definition) is 0. The summed E-state index contributed by atoms with van der Waals surface area (Å²) in [5.41, 5.74) is 7.07. The lowest BCUT2D eigenvalue weighted by atomic mass is 9.33. The van der Waals surface area contributed by atoms with E-state index in [1.54, 1.807) is 12.5 Å². The number of fused-ring (bicyclic) bond motifs is 9. The van der Waals surface area contributed by atoms with Gasteiger partial charge < -0.3 is 23.9 Å². The van der Waals surface area contributed by atoms with Crippen LogP contribution in [0.1, 0.15) is 158 Å². The van der Waals surface area contributed by atoms with Crippen molar-refractivity contribution in [1.82, 2.24) is 14.4 Å². The first-order chi connectivity index (χ1) is 35.3. The summed E-state index contributed by atoms with van der Waals surface area (Å²) >= 11 is 0. The fourth-order valence-electron chi connectivity index (χ4n) is 17.6. The van der Waals surface area contributed by atoms with Gasteiger partial charge in [0.1, 0.15) is 30.5 Å². The Morgan fingerprint density at radius 2 is 1.53 bits per heavy atom. The van der Waals surface area contributed by atoms with Crippen LogP contribution in [0.15, 0.2) is 76.7 Å². The molecule has 0 aromatic heterocycles. The van der Waals surface area contributed by atoms with Gasteiger partial charge in [-0.05, 0) is 174 Å². The molecule has 2 amide bonds. The first-order valence-electron chi connectivity index (χ1n) is 29.2. The number of anilines is 1. The number of allylic oxidation sites excluding steroid dienone is 2. The molecule has 9 heteroatoms. The maximum atomic E-state index is 15.8. The second kappa shape index (κ2) is 19.6. The molecule has 0 N–H and O–H groups in total. The van der Waals surface area contributed by atoms with Crippen molar-refractivity contribution in [2.45, 2.75) is 153 Å². The molecule has 9 nitrogen and oxygen atoms in total. The number of carbonyl (C=O) groups is 3. The highest BCUT2D eigenvalue weighted by Crippen LogP contribution is 2.76. The van der Waals surface area contributed by atoms with E-state index in [9.17, 15) is 9.59 Å². The van der Waals surface area contributed by atoms with Gasteiger partial charge in [0.2, 0.25) is 11.3 Å². The van der Waals surface area contributed by atoms with Crippen molar-refractivity contribution in [2.24, 2.45) is 56.7 Å². The monoisotopic (exact) mass is 1010 g/mol. The lowest BCUT2D eigenvalue weighted by molar-refractivity contribution is -0.213. The molecule has 1 saturated heterocycles. The molecule has 4 saturated carbocycles. The molecule has 0 bridgehead atoms. The summed E-state index contributed by atoms with van der Waals surface area (Å²) < 4.78 is 15.2. The predicted molar refractivity (Wildman–Crippen MR) is 300 cm³/mol. The largest absolute Gasteiger partial charge is 0.462 e. The number of rotatable bonds is 9. The Morgan fingerprint density at radius 3 is 2.26 bits per heavy atom. The van der Waals surface area contributed by atoms with E-state index in [0.29, 0.717) is 61.3 Å². The van der Waals surface area contributed by atoms with Gasteiger partial charge in [-0.2, -0.15) is 0 Å². The van der Waals surface area contributed by atoms with Crippen LogP contribution in [0.2, 0.25) is 0 Å². The number of nitrogens with zero attached hydrogens (tertiary/aromatic N) is 4. The molecule has 0 unspecified atom stereocenters. The van der Waals surface area contributed by atoms with E-state index in [0.717, 1.165) is 128 Å². The minimum Gasteiger partial charge on any atom is -0.462 e. The summed E-state index contributed by atoms with van der Waals surface area (Å²) in [6.45, 7) is 33.8. The summed E-state index contributed by atoms with van der Waals surface area (Å²) in [7, 11) is 0. The van der Waals surface area contributed by atoms with E-state index in [1.807, 2.05) is 17.0 Å². The second-order valence-electron chi connectivity index (χ2n) is 25.5. The molecule has 10 rings (SSSR count). The topological polar surface area (TPSA) is 86.3 Å². The van der Waals surface area contributed by atoms with Crippen LogP contribution in [0.5, 0.6) is 0 Å². The summed E-state index contributed by atoms with van der Waals surface area (Å²) in [4.78, 5) is 49.4. The molecule has 2 heterocycles. The number of ether oxygens (including phenoxy) is 1. The summed E-state index contributed by atoms with van der Waals surface area (Å²) in [5, 5.41) is 2.15. The van der Waals surface area contributed by atoms with E-state index in [-0.39, 0.29) is 45.6 Å². The van der Waals surface area contributed by atoms with Crippen molar-refractivity contribution in [2.75, 3.05) is 57.3 Å². The SMILES string of the molecule is CCN(CC)c1ccc2c(-c3cccc(C(=O)N4CCCN(C(=O)[C@]56CC[C@@H](C)[C@H](C)[C@H]5C5=CC[C@@H]7[C@@]8(C)CC[C@H](OC(C)=O)C(C)(C)[C@@H]8CC[C@@]7(C)[C@]5(C)CC6)CC4)c3)c3ccc(=[N+](CC)CC)cc-3oc2c1. The Morgan fingerprint density at radius 1 is 0.784 bits per heavy atom. The summed E-state index contributed by atoms with van der Waals surface area (Å²) in [6.07, 6.45) is 12.8. The van der Waals surface area contributed by atoms with Crippen molar-refractivity contribution in [3.8, 4) is 22.5 Å². The minimum atomic E-state index is -0.426. The Hall–Kier alpha value is -4.92. The smallest absolute Gasteiger partial charge is 0.302 e. The third-order valence-electron chi connectivity index (χ3n) is 22.1. The average molecular weight is 1010 g/mol. The Balaban J connectivity index is 0.919. The quantitative estimate of drug-likeness (QED) is 0.0719. The zero-order valence-corrected chi connectivity index (χ0v) is 47.4. The highest BCUT2D eigenvalue weighted by Gasteiger charge is 2.70. The molecule has 0 radical (unpaired) electrons. The van der Waals surface area contributed by atoms with Gasteiger partial charge in [-0.25, -0.2) is 4.58 Å². The zero-order chi connectivity index (χ0) is 52.7. The van der Waals surface area contributed by atoms with Crippen LogP contribution in [0.3, 0.4) is 0 Å². The van der Waals surface area contributed by atoms with Gasteiger partial charge in [0.25, 0.3) is 5.91 Å². The van der Waals surface area contributed by atoms with Crippen LogP contribution >= 0.6 is 0 Å². The van der Waals surface area contributed by atoms with Crippen LogP contribution < -0.4 is 14.8 Å². The van der Waals surface area contributed by atoms with Crippen molar-refractivity contribution in [1.29, 1.82) is 0 Å². The normalized spacial score (nSPS) is 32.6. The molecule has 0 spiro atoms. The van der Waals surface area contributed by atoms with Gasteiger partial charge in [0.05, 0.1) is 11.5 Å². The fourth-order valence-corrected chi connectivity index (χ4v) is 17.6. The maximum Gasteiger partial charge on any atom is 0.302 e. The predicted octanol–water partition coefficient (Wildman–Crippen LogP) is 13.1. The van der Waals surface area contributed by atoms with Crippen molar-refractivity contribution < 1.29 is 23.5 Å². The number of carbonyl (C=O) groups excluding carboxylic acids is 3. The molecule has 5 fully saturated rings. The van der Waals surface area contributed by atoms with Gasteiger partial charge in [-0.3, -0.25) is 14.4 Å². The van der Waals surface area contributed by atoms with Crippen LogP contribution in [0, 0.1) is 56.7 Å². The van der Waals surface area contributed by atoms with E-state index in [1.165, 1.54) is 6.42 Å². The lowest BCUT2D eigenvalue weighted by Gasteiger charge is -2.71. The van der Waals surface area contributed by atoms with Gasteiger partial charge in [0.15, 0.2) is 0 Å². The number of esters is 1. The van der Waals surface area contributed by atoms with Crippen LogP contribution in [-0.4, -0.2) is 86.0 Å². The van der Waals surface area contributed by atoms with Gasteiger partial charge in [-0.15, -0.1) is 0 Å². The number of benzene rings is 3. The fraction of sp³-hybridized carbons (Fsp3) is 0.631. The molecule has 10 atom stereocenters. The molecule has 74 heavy (non-hydrogen) atoms. The summed E-state index contributed by atoms with van der Waals surface area (Å²) in [6, 6.07) is 21.3. The molecule has 2 aliphatic heterocycles. The molecule has 8 aliphatic rings. The second-order valence-corrected chi connectivity index (χ2v) is 25.5. The van der Waals surface area contributed by atoms with Gasteiger partial charge in [-0.1, -0.05) is 72.2 Å². The molecule has 6 aliphatic carbocycles. The standard InChI is InChI=1S/C65H89N4O5/c1-13-66(14-2)47-21-23-49-52(40-47)74-53-41-48(67(15-3)16-4)22-24-50(53)57(49)45-19-17-20-46(39-45)59(71)68-35-18-36-69(38-37-68)60(72)65-32-27-42(5)43(6)58(65)51-25-26-55-62(10)30-29-56(73-44(7)70)61(8,9)54(62)28-31-64(55,12)63(51,11)33-34-65/h17,19-25,39-43,54-56,58H,13-16,18,26-38H2,1-12H3/q+1/t42-,43+,54+,55-,56+,58+,62+,63-,64-,65+/m1/s1. The van der Waals surface area contributed by atoms with Crippen LogP contribution in [-0.2, 0) is 14.3 Å². The highest BCUT2D eigenvalue weighted by molar-refractivity contribution is 6.04. The molecule has 2 aromatic carbocycles. The first kappa shape index (κ1) is 52.5. The van der Waals surface area contributed by atoms with Crippen LogP contribution in [0.25, 0.3) is 33.4 Å². The maximum absolute atomic E-state index is 15.8. The first-order valence-corrected chi connectivity index (χ1v) is 29.2. The molecular formula is C65H89N4O5+. The Labute approximate surface area is 443 Å². The summed E-state index contributed by atoms with van der Waals surface area (Å²) in [5.74, 6) is 3.22.